The molecule has 1 unspecified atom stereocenters. The summed E-state index contributed by atoms with van der Waals surface area (Å²) in [5.41, 5.74) is 0.798. The second kappa shape index (κ2) is 11.8. The molecule has 1 aromatic heterocycles. The molecule has 1 aliphatic heterocycles. The molecule has 2 N–H and O–H groups in total. The van der Waals surface area contributed by atoms with E-state index in [1.807, 2.05) is 18.2 Å². The Bertz CT molecular complexity index is 828. The molecule has 1 aromatic carbocycles. The van der Waals surface area contributed by atoms with Gasteiger partial charge in [0, 0.05) is 25.7 Å². The van der Waals surface area contributed by atoms with Crippen molar-refractivity contribution in [2.75, 3.05) is 26.7 Å². The van der Waals surface area contributed by atoms with Gasteiger partial charge in [0.25, 0.3) is 0 Å². The molecular formula is C21H27FIN5O. The summed E-state index contributed by atoms with van der Waals surface area (Å²) < 4.78 is 19.7. The maximum atomic E-state index is 14.1. The molecule has 8 heteroatoms. The number of nitrogens with one attached hydrogen (secondary N) is 2. The van der Waals surface area contributed by atoms with E-state index in [0.29, 0.717) is 23.6 Å². The third-order valence-corrected chi connectivity index (χ3v) is 5.02. The molecule has 1 aliphatic rings. The van der Waals surface area contributed by atoms with Crippen molar-refractivity contribution in [2.45, 2.75) is 31.8 Å². The van der Waals surface area contributed by atoms with E-state index >= 15 is 0 Å². The number of benzene rings is 1. The van der Waals surface area contributed by atoms with Gasteiger partial charge in [-0.05, 0) is 50.2 Å². The van der Waals surface area contributed by atoms with Crippen molar-refractivity contribution in [3.63, 3.8) is 0 Å². The monoisotopic (exact) mass is 511 g/mol. The van der Waals surface area contributed by atoms with E-state index in [-0.39, 0.29) is 36.6 Å². The van der Waals surface area contributed by atoms with Crippen LogP contribution in [0.25, 0.3) is 0 Å². The molecule has 3 rings (SSSR count). The van der Waals surface area contributed by atoms with Crippen molar-refractivity contribution in [3.8, 4) is 6.07 Å². The number of hydrogen-bond acceptors (Lipinski definition) is 4. The molecule has 1 fully saturated rings. The fourth-order valence-electron chi connectivity index (χ4n) is 3.47. The Labute approximate surface area is 188 Å². The topological polar surface area (TPSA) is 76.6 Å². The van der Waals surface area contributed by atoms with E-state index < -0.39 is 5.82 Å². The summed E-state index contributed by atoms with van der Waals surface area (Å²) in [5.74, 6) is 1.13. The first-order chi connectivity index (χ1) is 13.7. The molecule has 0 amide bonds. The fourth-order valence-corrected chi connectivity index (χ4v) is 3.47. The van der Waals surface area contributed by atoms with Crippen LogP contribution in [0.3, 0.4) is 0 Å². The lowest BCUT2D eigenvalue weighted by Gasteiger charge is -2.33. The number of piperidine rings is 1. The van der Waals surface area contributed by atoms with Crippen LogP contribution in [0.5, 0.6) is 0 Å². The predicted molar refractivity (Wildman–Crippen MR) is 122 cm³/mol. The van der Waals surface area contributed by atoms with Crippen LogP contribution < -0.4 is 10.6 Å². The van der Waals surface area contributed by atoms with Gasteiger partial charge in [0.05, 0.1) is 23.9 Å². The first kappa shape index (κ1) is 23.2. The van der Waals surface area contributed by atoms with Crippen molar-refractivity contribution in [2.24, 2.45) is 4.99 Å². The van der Waals surface area contributed by atoms with Crippen molar-refractivity contribution < 1.29 is 8.81 Å². The highest BCUT2D eigenvalue weighted by molar-refractivity contribution is 14.0. The molecule has 0 bridgehead atoms. The molecule has 1 atom stereocenters. The first-order valence-corrected chi connectivity index (χ1v) is 9.61. The third-order valence-electron chi connectivity index (χ3n) is 5.02. The van der Waals surface area contributed by atoms with Crippen LogP contribution in [-0.2, 0) is 6.54 Å². The normalized spacial score (nSPS) is 15.8. The quantitative estimate of drug-likeness (QED) is 0.351. The van der Waals surface area contributed by atoms with Crippen LogP contribution in [0.2, 0.25) is 0 Å². The minimum absolute atomic E-state index is 0. The van der Waals surface area contributed by atoms with Crippen LogP contribution in [0.15, 0.2) is 46.0 Å². The molecule has 2 aromatic rings. The molecular weight excluding hydrogens is 484 g/mol. The summed E-state index contributed by atoms with van der Waals surface area (Å²) in [4.78, 5) is 6.67. The summed E-state index contributed by atoms with van der Waals surface area (Å²) in [7, 11) is 1.69. The zero-order valence-electron chi connectivity index (χ0n) is 16.5. The summed E-state index contributed by atoms with van der Waals surface area (Å²) >= 11 is 0. The van der Waals surface area contributed by atoms with Crippen molar-refractivity contribution >= 4 is 29.9 Å². The van der Waals surface area contributed by atoms with Gasteiger partial charge >= 0.3 is 0 Å². The van der Waals surface area contributed by atoms with Crippen LogP contribution in [-0.4, -0.2) is 37.5 Å². The Morgan fingerprint density at radius 2 is 2.07 bits per heavy atom. The number of guanidine groups is 1. The molecule has 1 saturated heterocycles. The Balaban J connectivity index is 0.00000300. The Kier molecular flexibility index (Phi) is 9.41. The highest BCUT2D eigenvalue weighted by Gasteiger charge is 2.24. The number of likely N-dealkylation sites (tertiary alicyclic amines) is 1. The molecule has 156 valence electrons. The number of halogens is 2. The number of nitrogens with zero attached hydrogens (tertiary/aromatic N) is 3. The lowest BCUT2D eigenvalue weighted by molar-refractivity contribution is 0.146. The van der Waals surface area contributed by atoms with Crippen molar-refractivity contribution in [1.82, 2.24) is 15.5 Å². The molecule has 0 saturated carbocycles. The van der Waals surface area contributed by atoms with Crippen LogP contribution in [0.1, 0.15) is 42.2 Å². The number of hydrogen-bond donors (Lipinski definition) is 2. The van der Waals surface area contributed by atoms with Crippen LogP contribution in [0.4, 0.5) is 4.39 Å². The van der Waals surface area contributed by atoms with E-state index in [1.54, 1.807) is 25.4 Å². The van der Waals surface area contributed by atoms with Crippen LogP contribution in [0, 0.1) is 17.1 Å². The maximum Gasteiger partial charge on any atom is 0.191 e. The van der Waals surface area contributed by atoms with Gasteiger partial charge in [0.15, 0.2) is 5.96 Å². The second-order valence-electron chi connectivity index (χ2n) is 6.85. The van der Waals surface area contributed by atoms with Crippen LogP contribution >= 0.6 is 24.0 Å². The lowest BCUT2D eigenvalue weighted by atomic mass is 10.1. The van der Waals surface area contributed by atoms with Gasteiger partial charge in [-0.3, -0.25) is 9.89 Å². The fraction of sp³-hybridized carbons (Fsp3) is 0.429. The Morgan fingerprint density at radius 1 is 1.28 bits per heavy atom. The number of nitriles is 1. The van der Waals surface area contributed by atoms with Gasteiger partial charge in [0.2, 0.25) is 0 Å². The number of aliphatic imine (C=N–C) groups is 1. The summed E-state index contributed by atoms with van der Waals surface area (Å²) in [6.07, 6.45) is 5.37. The van der Waals surface area contributed by atoms with Crippen molar-refractivity contribution in [1.29, 1.82) is 5.26 Å². The van der Waals surface area contributed by atoms with Gasteiger partial charge in [-0.1, -0.05) is 12.5 Å². The second-order valence-corrected chi connectivity index (χ2v) is 6.85. The van der Waals surface area contributed by atoms with E-state index in [1.165, 1.54) is 25.3 Å². The standard InChI is InChI=1S/C21H26FN5O.HI/c1-24-21(25-14-17-8-7-16(13-23)12-18(17)22)26-15-19(20-6-5-11-28-20)27-9-3-2-4-10-27;/h5-8,11-12,19H,2-4,9-10,14-15H2,1H3,(H2,24,25,26);1H. The molecule has 6 nitrogen and oxygen atoms in total. The Hall–Kier alpha value is -2.12. The van der Waals surface area contributed by atoms with E-state index in [9.17, 15) is 4.39 Å². The van der Waals surface area contributed by atoms with E-state index in [4.69, 9.17) is 9.68 Å². The average molecular weight is 511 g/mol. The van der Waals surface area contributed by atoms with Crippen molar-refractivity contribution in [3.05, 3.63) is 59.3 Å². The smallest absolute Gasteiger partial charge is 0.191 e. The Morgan fingerprint density at radius 3 is 2.69 bits per heavy atom. The minimum Gasteiger partial charge on any atom is -0.468 e. The van der Waals surface area contributed by atoms with Gasteiger partial charge in [-0.25, -0.2) is 4.39 Å². The van der Waals surface area contributed by atoms with E-state index in [2.05, 4.69) is 20.5 Å². The number of rotatable bonds is 6. The summed E-state index contributed by atoms with van der Waals surface area (Å²) in [5, 5.41) is 15.3. The largest absolute Gasteiger partial charge is 0.468 e. The zero-order chi connectivity index (χ0) is 19.8. The highest BCUT2D eigenvalue weighted by Crippen LogP contribution is 2.24. The first-order valence-electron chi connectivity index (χ1n) is 9.61. The van der Waals surface area contributed by atoms with Gasteiger partial charge in [0.1, 0.15) is 11.6 Å². The maximum absolute atomic E-state index is 14.1. The minimum atomic E-state index is -0.399. The zero-order valence-corrected chi connectivity index (χ0v) is 18.9. The molecule has 0 radical (unpaired) electrons. The van der Waals surface area contributed by atoms with Gasteiger partial charge in [-0.15, -0.1) is 24.0 Å². The highest BCUT2D eigenvalue weighted by atomic mass is 127. The molecule has 29 heavy (non-hydrogen) atoms. The predicted octanol–water partition coefficient (Wildman–Crippen LogP) is 3.80. The van der Waals surface area contributed by atoms with Gasteiger partial charge < -0.3 is 15.1 Å². The van der Waals surface area contributed by atoms with E-state index in [0.717, 1.165) is 18.8 Å². The summed E-state index contributed by atoms with van der Waals surface area (Å²) in [6.45, 7) is 3.03. The average Bonchev–Trinajstić information content (AvgIpc) is 3.26. The number of furan rings is 1. The van der Waals surface area contributed by atoms with Gasteiger partial charge in [-0.2, -0.15) is 5.26 Å². The summed E-state index contributed by atoms with van der Waals surface area (Å²) in [6, 6.07) is 10.5. The third kappa shape index (κ3) is 6.44. The molecule has 0 spiro atoms. The SMILES string of the molecule is CN=C(NCc1ccc(C#N)cc1F)NCC(c1ccco1)N1CCCCC1.I. The molecule has 2 heterocycles. The molecule has 0 aliphatic carbocycles. The lowest BCUT2D eigenvalue weighted by Crippen LogP contribution is -2.44.